The van der Waals surface area contributed by atoms with E-state index in [4.69, 9.17) is 8.22 Å². The lowest BCUT2D eigenvalue weighted by Crippen LogP contribution is -2.14. The normalized spacial score (nSPS) is 29.5. The molecule has 80 valence electrons. The summed E-state index contributed by atoms with van der Waals surface area (Å²) in [5, 5.41) is 0. The van der Waals surface area contributed by atoms with E-state index in [1.165, 1.54) is 0 Å². The Hall–Kier alpha value is -1.56. The molecule has 1 aliphatic carbocycles. The first-order chi connectivity index (χ1) is 10.2. The van der Waals surface area contributed by atoms with E-state index in [9.17, 15) is 0 Å². The maximum absolute atomic E-state index is 7.90. The first-order valence-electron chi connectivity index (χ1n) is 8.39. The first kappa shape index (κ1) is 5.18. The van der Waals surface area contributed by atoms with Crippen molar-refractivity contribution < 1.29 is 8.22 Å². The van der Waals surface area contributed by atoms with Gasteiger partial charge in [0.15, 0.2) is 0 Å². The molecule has 0 bridgehead atoms. The van der Waals surface area contributed by atoms with Crippen molar-refractivity contribution >= 4 is 0 Å². The van der Waals surface area contributed by atoms with Gasteiger partial charge in [-0.2, -0.15) is 0 Å². The molecule has 0 saturated carbocycles. The highest BCUT2D eigenvalue weighted by molar-refractivity contribution is 5.51. The van der Waals surface area contributed by atoms with E-state index >= 15 is 0 Å². The summed E-state index contributed by atoms with van der Waals surface area (Å²) in [6.45, 7) is -4.43. The molecule has 0 radical (unpaired) electrons. The largest absolute Gasteiger partial charge is 0.0620 e. The van der Waals surface area contributed by atoms with Crippen molar-refractivity contribution in [3.05, 3.63) is 70.8 Å². The van der Waals surface area contributed by atoms with Crippen LogP contribution in [0.1, 0.15) is 56.0 Å². The van der Waals surface area contributed by atoms with Crippen molar-refractivity contribution in [3.63, 3.8) is 0 Å². The average molecular weight is 214 g/mol. The molecule has 0 nitrogen and oxygen atoms in total. The van der Waals surface area contributed by atoms with Gasteiger partial charge >= 0.3 is 0 Å². The van der Waals surface area contributed by atoms with Crippen LogP contribution < -0.4 is 0 Å². The summed E-state index contributed by atoms with van der Waals surface area (Å²) >= 11 is 0. The molecule has 0 unspecified atom stereocenters. The molecule has 16 heavy (non-hydrogen) atoms. The second-order valence-electron chi connectivity index (χ2n) is 4.12. The number of fused-ring (bicyclic) bond motifs is 2. The van der Waals surface area contributed by atoms with Gasteiger partial charge < -0.3 is 0 Å². The van der Waals surface area contributed by atoms with Crippen molar-refractivity contribution in [2.75, 3.05) is 0 Å². The summed E-state index contributed by atoms with van der Waals surface area (Å²) < 4.78 is 47.4. The Morgan fingerprint density at radius 2 is 1.00 bits per heavy atom. The van der Waals surface area contributed by atoms with Crippen molar-refractivity contribution in [1.29, 1.82) is 0 Å². The van der Waals surface area contributed by atoms with Crippen LogP contribution in [-0.2, 0) is 0 Å². The molecular formula is C16H16. The summed E-state index contributed by atoms with van der Waals surface area (Å²) in [7, 11) is 0. The number of hydrogen-bond acceptors (Lipinski definition) is 0. The van der Waals surface area contributed by atoms with Gasteiger partial charge in [0.05, 0.1) is 0 Å². The van der Waals surface area contributed by atoms with Crippen LogP contribution in [0, 0.1) is 0 Å². The first-order valence-corrected chi connectivity index (χ1v) is 5.39. The van der Waals surface area contributed by atoms with E-state index < -0.39 is 25.5 Å². The fraction of sp³-hybridized carbons (Fsp3) is 0.250. The zero-order chi connectivity index (χ0) is 16.1. The summed E-state index contributed by atoms with van der Waals surface area (Å²) in [4.78, 5) is 0. The number of hydrogen-bond donors (Lipinski definition) is 0. The third-order valence-electron chi connectivity index (χ3n) is 3.24. The summed E-state index contributed by atoms with van der Waals surface area (Å²) in [6, 6.07) is 14.0. The van der Waals surface area contributed by atoms with Crippen LogP contribution in [0.5, 0.6) is 0 Å². The fourth-order valence-corrected chi connectivity index (χ4v) is 2.41. The highest BCUT2D eigenvalue weighted by Gasteiger charge is 2.26. The summed E-state index contributed by atoms with van der Waals surface area (Å²) in [5.74, 6) is -1.56. The topological polar surface area (TPSA) is 0 Å². The lowest BCUT2D eigenvalue weighted by Gasteiger charge is -2.30. The molecule has 2 aromatic rings. The average Bonchev–Trinajstić information content (AvgIpc) is 2.41. The van der Waals surface area contributed by atoms with Gasteiger partial charge in [-0.1, -0.05) is 62.2 Å². The molecule has 3 rings (SSSR count). The highest BCUT2D eigenvalue weighted by atomic mass is 14.3. The fourth-order valence-electron chi connectivity index (χ4n) is 2.41. The minimum Gasteiger partial charge on any atom is -0.0620 e. The van der Waals surface area contributed by atoms with E-state index in [-0.39, 0.29) is 0 Å². The van der Waals surface area contributed by atoms with Crippen molar-refractivity contribution in [2.45, 2.75) is 25.5 Å². The van der Waals surface area contributed by atoms with Gasteiger partial charge in [-0.15, -0.1) is 0 Å². The van der Waals surface area contributed by atoms with Crippen molar-refractivity contribution in [3.8, 4) is 0 Å². The predicted molar refractivity (Wildman–Crippen MR) is 67.9 cm³/mol. The molecule has 0 amide bonds. The third kappa shape index (κ3) is 1.23. The molecule has 0 heteroatoms. The molecule has 0 aliphatic heterocycles. The molecule has 2 aromatic carbocycles. The molecular weight excluding hydrogens is 192 g/mol. The standard InChI is InChI=1S/C16H16/c1-11-13-7-3-5-9-15(13)12(2)16-10-6-4-8-14(11)16/h3-12H,1-2H3/i1D3,2D3. The number of rotatable bonds is 0. The molecule has 1 aliphatic rings. The maximum Gasteiger partial charge on any atom is 0.0240 e. The zero-order valence-corrected chi connectivity index (χ0v) is 8.77. The van der Waals surface area contributed by atoms with Crippen LogP contribution >= 0.6 is 0 Å². The van der Waals surface area contributed by atoms with E-state index in [1.807, 2.05) is 0 Å². The van der Waals surface area contributed by atoms with E-state index in [0.717, 1.165) is 0 Å². The van der Waals surface area contributed by atoms with Gasteiger partial charge in [-0.05, 0) is 22.3 Å². The van der Waals surface area contributed by atoms with Crippen LogP contribution in [-0.4, -0.2) is 0 Å². The Labute approximate surface area is 105 Å². The summed E-state index contributed by atoms with van der Waals surface area (Å²) in [5.41, 5.74) is 2.40. The smallest absolute Gasteiger partial charge is 0.0240 e. The van der Waals surface area contributed by atoms with Crippen LogP contribution in [0.4, 0.5) is 0 Å². The van der Waals surface area contributed by atoms with E-state index in [0.29, 0.717) is 22.3 Å². The predicted octanol–water partition coefficient (Wildman–Crippen LogP) is 4.30. The second-order valence-corrected chi connectivity index (χ2v) is 4.12. The van der Waals surface area contributed by atoms with Crippen LogP contribution in [0.25, 0.3) is 0 Å². The molecule has 0 atom stereocenters. The Kier molecular flexibility index (Phi) is 1.13. The summed E-state index contributed by atoms with van der Waals surface area (Å²) in [6.07, 6.45) is 0. The molecule has 0 spiro atoms. The van der Waals surface area contributed by atoms with Gasteiger partial charge in [0, 0.05) is 20.1 Å². The van der Waals surface area contributed by atoms with E-state index in [1.54, 1.807) is 48.5 Å². The molecule has 0 aromatic heterocycles. The lowest BCUT2D eigenvalue weighted by atomic mass is 9.74. The molecule has 0 heterocycles. The Bertz CT molecular complexity index is 591. The maximum atomic E-state index is 7.90. The van der Waals surface area contributed by atoms with Gasteiger partial charge in [0.25, 0.3) is 0 Å². The van der Waals surface area contributed by atoms with Gasteiger partial charge in [0.2, 0.25) is 0 Å². The molecule has 0 saturated heterocycles. The number of benzene rings is 2. The zero-order valence-electron chi connectivity index (χ0n) is 14.8. The minimum atomic E-state index is -2.22. The molecule has 0 fully saturated rings. The van der Waals surface area contributed by atoms with Crippen LogP contribution in [0.2, 0.25) is 0 Å². The van der Waals surface area contributed by atoms with Gasteiger partial charge in [-0.3, -0.25) is 0 Å². The molecule has 0 N–H and O–H groups in total. The van der Waals surface area contributed by atoms with Crippen molar-refractivity contribution in [2.24, 2.45) is 0 Å². The lowest BCUT2D eigenvalue weighted by molar-refractivity contribution is 0.771. The van der Waals surface area contributed by atoms with Gasteiger partial charge in [-0.25, -0.2) is 0 Å². The second kappa shape index (κ2) is 3.48. The van der Waals surface area contributed by atoms with Crippen molar-refractivity contribution in [1.82, 2.24) is 0 Å². The van der Waals surface area contributed by atoms with Crippen LogP contribution in [0.3, 0.4) is 0 Å². The van der Waals surface area contributed by atoms with Crippen LogP contribution in [0.15, 0.2) is 48.5 Å². The SMILES string of the molecule is [2H]C([2H])([2H])C1c2ccccc2C(C([2H])([2H])[2H])c2ccccc21. The Morgan fingerprint density at radius 3 is 1.25 bits per heavy atom. The quantitative estimate of drug-likeness (QED) is 0.613. The highest BCUT2D eigenvalue weighted by Crippen LogP contribution is 2.42. The third-order valence-corrected chi connectivity index (χ3v) is 3.24. The Morgan fingerprint density at radius 1 is 0.688 bits per heavy atom. The monoisotopic (exact) mass is 214 g/mol. The Balaban J connectivity index is 2.34. The minimum absolute atomic E-state index is 0.599. The van der Waals surface area contributed by atoms with Gasteiger partial charge in [0.1, 0.15) is 0 Å². The van der Waals surface area contributed by atoms with E-state index in [2.05, 4.69) is 0 Å².